The maximum atomic E-state index is 11.5. The molecule has 0 radical (unpaired) electrons. The van der Waals surface area contributed by atoms with Gasteiger partial charge in [-0.3, -0.25) is 4.79 Å². The molecule has 0 saturated carbocycles. The minimum Gasteiger partial charge on any atom is -0.377 e. The Labute approximate surface area is 77.2 Å². The molecular formula is C8H15N3O2. The number of amides is 1. The molecule has 0 aromatic rings. The number of morpholine rings is 1. The largest absolute Gasteiger partial charge is 0.377 e. The zero-order chi connectivity index (χ0) is 9.31. The number of carbonyl (C=O) groups is 1. The lowest BCUT2D eigenvalue weighted by Gasteiger charge is -2.49. The van der Waals surface area contributed by atoms with Crippen LogP contribution in [0, 0.1) is 0 Å². The smallest absolute Gasteiger partial charge is 0.237 e. The number of carbonyl (C=O) groups excluding carboxylic acids is 1. The Kier molecular flexibility index (Phi) is 2.23. The molecule has 5 nitrogen and oxygen atoms in total. The Morgan fingerprint density at radius 2 is 2.54 bits per heavy atom. The van der Waals surface area contributed by atoms with Crippen LogP contribution in [0.2, 0.25) is 0 Å². The molecular weight excluding hydrogens is 170 g/mol. The minimum atomic E-state index is -0.284. The monoisotopic (exact) mass is 185 g/mol. The van der Waals surface area contributed by atoms with E-state index in [2.05, 4.69) is 5.32 Å². The lowest BCUT2D eigenvalue weighted by molar-refractivity contribution is -0.152. The molecule has 1 atom stereocenters. The standard InChI is InChI=1S/C8H15N3O2/c9-4-8-5-10-3-7(12)11(8)1-2-13-6-8/h10H,1-6,9H2. The van der Waals surface area contributed by atoms with Crippen LogP contribution in [0.1, 0.15) is 0 Å². The number of ether oxygens (including phenoxy) is 1. The van der Waals surface area contributed by atoms with Crippen LogP contribution in [-0.2, 0) is 9.53 Å². The third-order valence-electron chi connectivity index (χ3n) is 2.81. The minimum absolute atomic E-state index is 0.139. The van der Waals surface area contributed by atoms with Crippen LogP contribution >= 0.6 is 0 Å². The van der Waals surface area contributed by atoms with Crippen molar-refractivity contribution < 1.29 is 9.53 Å². The molecule has 1 amide bonds. The van der Waals surface area contributed by atoms with Gasteiger partial charge in [-0.2, -0.15) is 0 Å². The molecule has 0 aliphatic carbocycles. The number of piperazine rings is 1. The first-order valence-electron chi connectivity index (χ1n) is 4.57. The van der Waals surface area contributed by atoms with Crippen molar-refractivity contribution in [1.82, 2.24) is 10.2 Å². The molecule has 0 aromatic carbocycles. The fourth-order valence-electron chi connectivity index (χ4n) is 2.01. The zero-order valence-corrected chi connectivity index (χ0v) is 7.58. The maximum absolute atomic E-state index is 11.5. The fraction of sp³-hybridized carbons (Fsp3) is 0.875. The van der Waals surface area contributed by atoms with Gasteiger partial charge in [0.2, 0.25) is 5.91 Å². The first-order chi connectivity index (χ1) is 6.28. The van der Waals surface area contributed by atoms with Crippen LogP contribution in [0.5, 0.6) is 0 Å². The van der Waals surface area contributed by atoms with E-state index in [0.717, 1.165) is 6.54 Å². The van der Waals surface area contributed by atoms with Gasteiger partial charge in [-0.1, -0.05) is 0 Å². The normalized spacial score (nSPS) is 34.5. The van der Waals surface area contributed by atoms with E-state index >= 15 is 0 Å². The second-order valence-corrected chi connectivity index (χ2v) is 3.63. The van der Waals surface area contributed by atoms with E-state index in [1.165, 1.54) is 0 Å². The molecule has 2 fully saturated rings. The van der Waals surface area contributed by atoms with Gasteiger partial charge in [-0.25, -0.2) is 0 Å². The van der Waals surface area contributed by atoms with E-state index in [9.17, 15) is 4.79 Å². The molecule has 0 spiro atoms. The van der Waals surface area contributed by atoms with Crippen LogP contribution in [-0.4, -0.2) is 55.7 Å². The molecule has 0 bridgehead atoms. The van der Waals surface area contributed by atoms with Crippen LogP contribution < -0.4 is 11.1 Å². The molecule has 1 unspecified atom stereocenters. The highest BCUT2D eigenvalue weighted by molar-refractivity contribution is 5.80. The van der Waals surface area contributed by atoms with Crippen molar-refractivity contribution >= 4 is 5.91 Å². The Morgan fingerprint density at radius 3 is 3.23 bits per heavy atom. The van der Waals surface area contributed by atoms with Gasteiger partial charge in [0.05, 0.1) is 25.3 Å². The predicted octanol–water partition coefficient (Wildman–Crippen LogP) is -1.85. The van der Waals surface area contributed by atoms with Gasteiger partial charge >= 0.3 is 0 Å². The summed E-state index contributed by atoms with van der Waals surface area (Å²) in [6.45, 7) is 3.51. The van der Waals surface area contributed by atoms with Crippen molar-refractivity contribution in [2.24, 2.45) is 5.73 Å². The third-order valence-corrected chi connectivity index (χ3v) is 2.81. The first-order valence-corrected chi connectivity index (χ1v) is 4.57. The molecule has 2 rings (SSSR count). The summed E-state index contributed by atoms with van der Waals surface area (Å²) < 4.78 is 5.37. The quantitative estimate of drug-likeness (QED) is 0.503. The van der Waals surface area contributed by atoms with Gasteiger partial charge in [0.15, 0.2) is 0 Å². The summed E-state index contributed by atoms with van der Waals surface area (Å²) in [5, 5.41) is 3.07. The molecule has 2 aliphatic heterocycles. The van der Waals surface area contributed by atoms with E-state index in [0.29, 0.717) is 32.8 Å². The van der Waals surface area contributed by atoms with E-state index in [1.807, 2.05) is 4.90 Å². The van der Waals surface area contributed by atoms with Crippen molar-refractivity contribution in [1.29, 1.82) is 0 Å². The highest BCUT2D eigenvalue weighted by Gasteiger charge is 2.43. The zero-order valence-electron chi connectivity index (χ0n) is 7.58. The van der Waals surface area contributed by atoms with E-state index in [1.54, 1.807) is 0 Å². The Balaban J connectivity index is 2.21. The highest BCUT2D eigenvalue weighted by atomic mass is 16.5. The molecule has 5 heteroatoms. The van der Waals surface area contributed by atoms with Crippen molar-refractivity contribution in [3.8, 4) is 0 Å². The third kappa shape index (κ3) is 1.33. The van der Waals surface area contributed by atoms with E-state index < -0.39 is 0 Å². The van der Waals surface area contributed by atoms with Crippen LogP contribution in [0.3, 0.4) is 0 Å². The Bertz CT molecular complexity index is 217. The lowest BCUT2D eigenvalue weighted by Crippen LogP contribution is -2.71. The van der Waals surface area contributed by atoms with Crippen molar-refractivity contribution in [2.75, 3.05) is 39.4 Å². The molecule has 2 saturated heterocycles. The molecule has 2 heterocycles. The Hall–Kier alpha value is -0.650. The maximum Gasteiger partial charge on any atom is 0.237 e. The highest BCUT2D eigenvalue weighted by Crippen LogP contribution is 2.21. The van der Waals surface area contributed by atoms with Crippen LogP contribution in [0.25, 0.3) is 0 Å². The molecule has 13 heavy (non-hydrogen) atoms. The summed E-state index contributed by atoms with van der Waals surface area (Å²) in [7, 11) is 0. The number of fused-ring (bicyclic) bond motifs is 1. The second-order valence-electron chi connectivity index (χ2n) is 3.63. The van der Waals surface area contributed by atoms with Gasteiger partial charge in [-0.05, 0) is 0 Å². The summed E-state index contributed by atoms with van der Waals surface area (Å²) in [5.41, 5.74) is 5.41. The SMILES string of the molecule is NCC12CNCC(=O)N1CCOC2. The van der Waals surface area contributed by atoms with Crippen molar-refractivity contribution in [3.63, 3.8) is 0 Å². The summed E-state index contributed by atoms with van der Waals surface area (Å²) >= 11 is 0. The number of nitrogens with one attached hydrogen (secondary N) is 1. The summed E-state index contributed by atoms with van der Waals surface area (Å²) in [6, 6.07) is 0. The average molecular weight is 185 g/mol. The van der Waals surface area contributed by atoms with Crippen molar-refractivity contribution in [3.05, 3.63) is 0 Å². The second kappa shape index (κ2) is 3.25. The fourth-order valence-corrected chi connectivity index (χ4v) is 2.01. The van der Waals surface area contributed by atoms with Gasteiger partial charge in [0.25, 0.3) is 0 Å². The predicted molar refractivity (Wildman–Crippen MR) is 47.2 cm³/mol. The van der Waals surface area contributed by atoms with E-state index in [-0.39, 0.29) is 11.4 Å². The van der Waals surface area contributed by atoms with Crippen molar-refractivity contribution in [2.45, 2.75) is 5.54 Å². The molecule has 74 valence electrons. The van der Waals surface area contributed by atoms with Gasteiger partial charge in [0.1, 0.15) is 0 Å². The van der Waals surface area contributed by atoms with Gasteiger partial charge < -0.3 is 20.7 Å². The lowest BCUT2D eigenvalue weighted by atomic mass is 9.94. The number of hydrogen-bond donors (Lipinski definition) is 2. The number of rotatable bonds is 1. The molecule has 2 aliphatic rings. The van der Waals surface area contributed by atoms with Crippen LogP contribution in [0.15, 0.2) is 0 Å². The van der Waals surface area contributed by atoms with Crippen LogP contribution in [0.4, 0.5) is 0 Å². The summed E-state index contributed by atoms with van der Waals surface area (Å²) in [4.78, 5) is 13.4. The number of hydrogen-bond acceptors (Lipinski definition) is 4. The summed E-state index contributed by atoms with van der Waals surface area (Å²) in [6.07, 6.45) is 0. The van der Waals surface area contributed by atoms with E-state index in [4.69, 9.17) is 10.5 Å². The topological polar surface area (TPSA) is 67.6 Å². The Morgan fingerprint density at radius 1 is 1.69 bits per heavy atom. The number of nitrogens with two attached hydrogens (primary N) is 1. The number of nitrogens with zero attached hydrogens (tertiary/aromatic N) is 1. The van der Waals surface area contributed by atoms with Gasteiger partial charge in [-0.15, -0.1) is 0 Å². The average Bonchev–Trinajstić information content (AvgIpc) is 2.18. The molecule has 0 aromatic heterocycles. The van der Waals surface area contributed by atoms with Gasteiger partial charge in [0, 0.05) is 19.6 Å². The molecule has 3 N–H and O–H groups in total. The first kappa shape index (κ1) is 8.93. The summed E-state index contributed by atoms with van der Waals surface area (Å²) in [5.74, 6) is 0.139.